The predicted octanol–water partition coefficient (Wildman–Crippen LogP) is 2.30. The molecule has 17 heavy (non-hydrogen) atoms. The van der Waals surface area contributed by atoms with Gasteiger partial charge in [-0.3, -0.25) is 4.79 Å². The van der Waals surface area contributed by atoms with Gasteiger partial charge >= 0.3 is 0 Å². The van der Waals surface area contributed by atoms with Crippen molar-refractivity contribution in [2.24, 2.45) is 11.7 Å². The van der Waals surface area contributed by atoms with Gasteiger partial charge in [-0.1, -0.05) is 13.3 Å². The van der Waals surface area contributed by atoms with Gasteiger partial charge in [0.05, 0.1) is 0 Å². The molecule has 1 heterocycles. The minimum absolute atomic E-state index is 0.174. The molecule has 2 N–H and O–H groups in total. The lowest BCUT2D eigenvalue weighted by molar-refractivity contribution is -0.135. The van der Waals surface area contributed by atoms with E-state index in [0.29, 0.717) is 18.4 Å². The van der Waals surface area contributed by atoms with Crippen molar-refractivity contribution in [2.75, 3.05) is 6.54 Å². The summed E-state index contributed by atoms with van der Waals surface area (Å²) >= 11 is 0. The molecule has 0 bridgehead atoms. The molecule has 0 aromatic rings. The van der Waals surface area contributed by atoms with Crippen molar-refractivity contribution in [1.82, 2.24) is 4.90 Å². The van der Waals surface area contributed by atoms with E-state index in [1.807, 2.05) is 0 Å². The number of nitrogens with zero attached hydrogens (tertiary/aromatic N) is 1. The van der Waals surface area contributed by atoms with E-state index in [-0.39, 0.29) is 11.4 Å². The number of likely N-dealkylation sites (tertiary alicyclic amines) is 1. The van der Waals surface area contributed by atoms with Crippen LogP contribution in [0.15, 0.2) is 0 Å². The highest BCUT2D eigenvalue weighted by Crippen LogP contribution is 2.33. The summed E-state index contributed by atoms with van der Waals surface area (Å²) < 4.78 is 0. The summed E-state index contributed by atoms with van der Waals surface area (Å²) in [6.07, 6.45) is 7.45. The van der Waals surface area contributed by atoms with Crippen LogP contribution in [-0.4, -0.2) is 28.9 Å². The van der Waals surface area contributed by atoms with Crippen molar-refractivity contribution in [3.05, 3.63) is 0 Å². The van der Waals surface area contributed by atoms with E-state index in [2.05, 4.69) is 18.7 Å². The molecule has 3 heteroatoms. The van der Waals surface area contributed by atoms with Crippen molar-refractivity contribution in [2.45, 2.75) is 70.4 Å². The third-order valence-corrected chi connectivity index (χ3v) is 4.53. The monoisotopic (exact) mass is 238 g/mol. The number of carbonyl (C=O) groups is 1. The van der Waals surface area contributed by atoms with Gasteiger partial charge < -0.3 is 10.6 Å². The summed E-state index contributed by atoms with van der Waals surface area (Å²) in [5.41, 5.74) is 6.01. The van der Waals surface area contributed by atoms with E-state index in [1.165, 1.54) is 19.3 Å². The fraction of sp³-hybridized carbons (Fsp3) is 0.929. The van der Waals surface area contributed by atoms with Crippen LogP contribution >= 0.6 is 0 Å². The van der Waals surface area contributed by atoms with Crippen LogP contribution in [-0.2, 0) is 4.79 Å². The molecule has 0 aromatic heterocycles. The van der Waals surface area contributed by atoms with Gasteiger partial charge in [-0.2, -0.15) is 0 Å². The zero-order valence-corrected chi connectivity index (χ0v) is 11.2. The van der Waals surface area contributed by atoms with Gasteiger partial charge in [0, 0.05) is 24.5 Å². The summed E-state index contributed by atoms with van der Waals surface area (Å²) in [4.78, 5) is 14.4. The number of carbonyl (C=O) groups excluding carboxylic acids is 1. The van der Waals surface area contributed by atoms with Crippen molar-refractivity contribution in [1.29, 1.82) is 0 Å². The van der Waals surface area contributed by atoms with Gasteiger partial charge in [0.25, 0.3) is 0 Å². The van der Waals surface area contributed by atoms with Crippen LogP contribution in [0.5, 0.6) is 0 Å². The van der Waals surface area contributed by atoms with Crippen molar-refractivity contribution < 1.29 is 4.79 Å². The summed E-state index contributed by atoms with van der Waals surface area (Å²) in [6, 6.07) is 0.399. The van der Waals surface area contributed by atoms with Crippen LogP contribution < -0.4 is 5.73 Å². The van der Waals surface area contributed by atoms with E-state index in [0.717, 1.165) is 25.8 Å². The fourth-order valence-corrected chi connectivity index (χ4v) is 3.08. The Morgan fingerprint density at radius 2 is 2.00 bits per heavy atom. The second-order valence-corrected chi connectivity index (χ2v) is 6.32. The third-order valence-electron chi connectivity index (χ3n) is 4.53. The van der Waals surface area contributed by atoms with E-state index >= 15 is 0 Å². The highest BCUT2D eigenvalue weighted by molar-refractivity contribution is 5.78. The molecular formula is C14H26N2O. The molecule has 0 radical (unpaired) electrons. The Bertz CT molecular complexity index is 286. The Morgan fingerprint density at radius 3 is 2.59 bits per heavy atom. The van der Waals surface area contributed by atoms with Crippen LogP contribution in [0.4, 0.5) is 0 Å². The standard InChI is InChI=1S/C14H26N2O/c1-11-5-3-6-12(2)16(10-11)13(17)9-14(15)7-4-8-14/h11-12H,3-10,15H2,1-2H3. The molecule has 2 rings (SSSR count). The summed E-state index contributed by atoms with van der Waals surface area (Å²) in [5, 5.41) is 0. The lowest BCUT2D eigenvalue weighted by Gasteiger charge is -2.40. The minimum Gasteiger partial charge on any atom is -0.340 e. The minimum atomic E-state index is -0.174. The summed E-state index contributed by atoms with van der Waals surface area (Å²) in [6.45, 7) is 5.36. The predicted molar refractivity (Wildman–Crippen MR) is 69.6 cm³/mol. The quantitative estimate of drug-likeness (QED) is 0.802. The topological polar surface area (TPSA) is 46.3 Å². The van der Waals surface area contributed by atoms with Gasteiger partial charge in [-0.15, -0.1) is 0 Å². The Balaban J connectivity index is 1.95. The second-order valence-electron chi connectivity index (χ2n) is 6.32. The highest BCUT2D eigenvalue weighted by atomic mass is 16.2. The van der Waals surface area contributed by atoms with Crippen molar-refractivity contribution in [3.8, 4) is 0 Å². The molecular weight excluding hydrogens is 212 g/mol. The normalized spacial score (nSPS) is 32.8. The van der Waals surface area contributed by atoms with E-state index in [1.54, 1.807) is 0 Å². The van der Waals surface area contributed by atoms with Gasteiger partial charge in [0.15, 0.2) is 0 Å². The largest absolute Gasteiger partial charge is 0.340 e. The van der Waals surface area contributed by atoms with E-state index in [9.17, 15) is 4.79 Å². The lowest BCUT2D eigenvalue weighted by atomic mass is 9.75. The molecule has 1 aliphatic heterocycles. The molecule has 2 aliphatic rings. The van der Waals surface area contributed by atoms with Gasteiger partial charge in [0.1, 0.15) is 0 Å². The molecule has 1 saturated heterocycles. The zero-order chi connectivity index (χ0) is 12.5. The van der Waals surface area contributed by atoms with Crippen LogP contribution in [0, 0.1) is 5.92 Å². The SMILES string of the molecule is CC1CCCC(C)N(C(=O)CC2(N)CCC2)C1. The molecule has 0 aromatic carbocycles. The van der Waals surface area contributed by atoms with Crippen LogP contribution in [0.2, 0.25) is 0 Å². The Morgan fingerprint density at radius 1 is 1.29 bits per heavy atom. The number of nitrogens with two attached hydrogens (primary N) is 1. The van der Waals surface area contributed by atoms with E-state index < -0.39 is 0 Å². The number of hydrogen-bond donors (Lipinski definition) is 1. The molecule has 1 aliphatic carbocycles. The van der Waals surface area contributed by atoms with Gasteiger partial charge in [-0.25, -0.2) is 0 Å². The van der Waals surface area contributed by atoms with Crippen molar-refractivity contribution in [3.63, 3.8) is 0 Å². The average molecular weight is 238 g/mol. The van der Waals surface area contributed by atoms with E-state index in [4.69, 9.17) is 5.73 Å². The first-order valence-electron chi connectivity index (χ1n) is 7.08. The Hall–Kier alpha value is -0.570. The maximum atomic E-state index is 12.4. The lowest BCUT2D eigenvalue weighted by Crippen LogP contribution is -2.52. The Kier molecular flexibility index (Phi) is 3.76. The first kappa shape index (κ1) is 12.9. The summed E-state index contributed by atoms with van der Waals surface area (Å²) in [7, 11) is 0. The third kappa shape index (κ3) is 3.01. The number of amides is 1. The molecule has 1 amide bonds. The first-order chi connectivity index (χ1) is 8.00. The Labute approximate surface area is 105 Å². The van der Waals surface area contributed by atoms with Gasteiger partial charge in [0.2, 0.25) is 5.91 Å². The molecule has 1 saturated carbocycles. The highest BCUT2D eigenvalue weighted by Gasteiger charge is 2.37. The maximum Gasteiger partial charge on any atom is 0.224 e. The zero-order valence-electron chi connectivity index (χ0n) is 11.2. The second kappa shape index (κ2) is 4.97. The van der Waals surface area contributed by atoms with Crippen LogP contribution in [0.3, 0.4) is 0 Å². The number of hydrogen-bond acceptors (Lipinski definition) is 2. The smallest absolute Gasteiger partial charge is 0.224 e. The van der Waals surface area contributed by atoms with Gasteiger partial charge in [-0.05, 0) is 44.9 Å². The molecule has 3 nitrogen and oxygen atoms in total. The molecule has 98 valence electrons. The van der Waals surface area contributed by atoms with Crippen LogP contribution in [0.1, 0.15) is 58.8 Å². The molecule has 2 fully saturated rings. The molecule has 2 atom stereocenters. The first-order valence-corrected chi connectivity index (χ1v) is 7.08. The molecule has 0 spiro atoms. The maximum absolute atomic E-state index is 12.4. The summed E-state index contributed by atoms with van der Waals surface area (Å²) in [5.74, 6) is 0.924. The average Bonchev–Trinajstić information content (AvgIpc) is 2.38. The number of rotatable bonds is 2. The fourth-order valence-electron chi connectivity index (χ4n) is 3.08. The molecule has 2 unspecified atom stereocenters. The van der Waals surface area contributed by atoms with Crippen molar-refractivity contribution >= 4 is 5.91 Å². The van der Waals surface area contributed by atoms with Crippen LogP contribution in [0.25, 0.3) is 0 Å².